The van der Waals surface area contributed by atoms with E-state index < -0.39 is 22.0 Å². The minimum absolute atomic E-state index is 0.103. The van der Waals surface area contributed by atoms with Gasteiger partial charge in [-0.3, -0.25) is 4.79 Å². The van der Waals surface area contributed by atoms with Crippen LogP contribution in [0.4, 0.5) is 0 Å². The number of carbonyl (C=O) groups excluding carboxylic acids is 1. The van der Waals surface area contributed by atoms with Crippen molar-refractivity contribution in [2.24, 2.45) is 5.73 Å². The third-order valence-corrected chi connectivity index (χ3v) is 4.76. The topological polar surface area (TPSA) is 133 Å². The largest absolute Gasteiger partial charge is 0.316 e. The van der Waals surface area contributed by atoms with Gasteiger partial charge in [0.2, 0.25) is 0 Å². The lowest BCUT2D eigenvalue weighted by molar-refractivity contribution is -0.120. The van der Waals surface area contributed by atoms with Crippen molar-refractivity contribution in [3.05, 3.63) is 66.5 Å². The lowest BCUT2D eigenvalue weighted by Gasteiger charge is -2.13. The number of nitrogens with zero attached hydrogens (tertiary/aromatic N) is 4. The van der Waals surface area contributed by atoms with Crippen LogP contribution in [0.25, 0.3) is 5.69 Å². The average Bonchev–Trinajstić information content (AvgIpc) is 3.16. The van der Waals surface area contributed by atoms with Gasteiger partial charge in [-0.05, 0) is 34.2 Å². The summed E-state index contributed by atoms with van der Waals surface area (Å²) in [6, 6.07) is 13.3. The van der Waals surface area contributed by atoms with Gasteiger partial charge in [-0.1, -0.05) is 36.4 Å². The molecule has 0 spiro atoms. The summed E-state index contributed by atoms with van der Waals surface area (Å²) in [4.78, 5) is 12.1. The molecule has 128 valence electrons. The van der Waals surface area contributed by atoms with Crippen molar-refractivity contribution in [1.29, 1.82) is 0 Å². The van der Waals surface area contributed by atoms with E-state index in [1.165, 1.54) is 29.2 Å². The summed E-state index contributed by atoms with van der Waals surface area (Å²) in [6.45, 7) is 0. The van der Waals surface area contributed by atoms with Crippen LogP contribution in [-0.4, -0.2) is 34.5 Å². The van der Waals surface area contributed by atoms with E-state index in [1.807, 2.05) is 4.72 Å². The third-order valence-electron chi connectivity index (χ3n) is 3.42. The first kappa shape index (κ1) is 16.7. The molecule has 25 heavy (non-hydrogen) atoms. The highest BCUT2D eigenvalue weighted by Gasteiger charge is 2.23. The number of rotatable bonds is 5. The highest BCUT2D eigenvalue weighted by Crippen LogP contribution is 2.15. The van der Waals surface area contributed by atoms with Gasteiger partial charge in [0, 0.05) is 0 Å². The summed E-state index contributed by atoms with van der Waals surface area (Å²) in [5, 5.41) is 10.7. The summed E-state index contributed by atoms with van der Waals surface area (Å²) in [5.41, 5.74) is 6.77. The lowest BCUT2D eigenvalue weighted by atomic mass is 10.1. The van der Waals surface area contributed by atoms with Gasteiger partial charge in [0.15, 0.2) is 0 Å². The zero-order valence-corrected chi connectivity index (χ0v) is 13.7. The molecule has 3 N–H and O–H groups in total. The van der Waals surface area contributed by atoms with E-state index in [0.29, 0.717) is 11.3 Å². The van der Waals surface area contributed by atoms with Crippen molar-refractivity contribution < 1.29 is 13.2 Å². The molecule has 0 radical (unpaired) electrons. The number of nitrogens with two attached hydrogens (primary N) is 1. The van der Waals surface area contributed by atoms with Crippen LogP contribution in [0.5, 0.6) is 0 Å². The quantitative estimate of drug-likeness (QED) is 0.664. The molecule has 0 fully saturated rings. The molecular formula is C15H14N6O3S. The molecule has 0 aliphatic heterocycles. The Morgan fingerprint density at radius 2 is 1.88 bits per heavy atom. The SMILES string of the molecule is N[C@H](C(=O)NS(=O)(=O)c1cccc(-n2cnnn2)c1)c1ccccc1. The van der Waals surface area contributed by atoms with Crippen molar-refractivity contribution in [1.82, 2.24) is 24.9 Å². The van der Waals surface area contributed by atoms with E-state index in [2.05, 4.69) is 15.5 Å². The normalized spacial score (nSPS) is 12.5. The Morgan fingerprint density at radius 1 is 1.12 bits per heavy atom. The summed E-state index contributed by atoms with van der Waals surface area (Å²) < 4.78 is 28.2. The van der Waals surface area contributed by atoms with Crippen molar-refractivity contribution >= 4 is 15.9 Å². The molecular weight excluding hydrogens is 344 g/mol. The van der Waals surface area contributed by atoms with Crippen LogP contribution in [0.15, 0.2) is 65.8 Å². The monoisotopic (exact) mass is 358 g/mol. The van der Waals surface area contributed by atoms with E-state index in [9.17, 15) is 13.2 Å². The number of carbonyl (C=O) groups is 1. The van der Waals surface area contributed by atoms with E-state index in [4.69, 9.17) is 5.73 Å². The van der Waals surface area contributed by atoms with Crippen LogP contribution in [0, 0.1) is 0 Å². The first-order chi connectivity index (χ1) is 12.0. The van der Waals surface area contributed by atoms with E-state index >= 15 is 0 Å². The molecule has 3 rings (SSSR count). The molecule has 0 aliphatic rings. The number of amides is 1. The van der Waals surface area contributed by atoms with Gasteiger partial charge in [-0.2, -0.15) is 0 Å². The first-order valence-corrected chi connectivity index (χ1v) is 8.66. The van der Waals surface area contributed by atoms with Gasteiger partial charge in [0.25, 0.3) is 15.9 Å². The van der Waals surface area contributed by atoms with E-state index in [1.54, 1.807) is 36.4 Å². The maximum Gasteiger partial charge on any atom is 0.264 e. The Labute approximate surface area is 143 Å². The van der Waals surface area contributed by atoms with Crippen LogP contribution in [0.3, 0.4) is 0 Å². The van der Waals surface area contributed by atoms with Gasteiger partial charge in [-0.25, -0.2) is 17.8 Å². The summed E-state index contributed by atoms with van der Waals surface area (Å²) in [5.74, 6) is -0.820. The zero-order valence-electron chi connectivity index (χ0n) is 12.9. The van der Waals surface area contributed by atoms with Crippen molar-refractivity contribution in [3.63, 3.8) is 0 Å². The second-order valence-electron chi connectivity index (χ2n) is 5.11. The standard InChI is InChI=1S/C15H14N6O3S/c16-14(11-5-2-1-3-6-11)15(22)18-25(23,24)13-8-4-7-12(9-13)21-10-17-19-20-21/h1-10,14H,16H2,(H,18,22)/t14-/m0/s1. The third kappa shape index (κ3) is 3.70. The van der Waals surface area contributed by atoms with Crippen LogP contribution < -0.4 is 10.5 Å². The van der Waals surface area contributed by atoms with Crippen LogP contribution in [-0.2, 0) is 14.8 Å². The summed E-state index contributed by atoms with van der Waals surface area (Å²) in [7, 11) is -4.09. The minimum atomic E-state index is -4.09. The molecule has 1 heterocycles. The number of benzene rings is 2. The molecule has 9 nitrogen and oxygen atoms in total. The smallest absolute Gasteiger partial charge is 0.264 e. The second kappa shape index (κ2) is 6.79. The molecule has 3 aromatic rings. The lowest BCUT2D eigenvalue weighted by Crippen LogP contribution is -2.38. The van der Waals surface area contributed by atoms with Crippen LogP contribution in [0.2, 0.25) is 0 Å². The fourth-order valence-electron chi connectivity index (χ4n) is 2.14. The molecule has 0 saturated heterocycles. The van der Waals surface area contributed by atoms with Gasteiger partial charge < -0.3 is 5.73 Å². The highest BCUT2D eigenvalue weighted by atomic mass is 32.2. The number of tetrazole rings is 1. The summed E-state index contributed by atoms with van der Waals surface area (Å²) >= 11 is 0. The Bertz CT molecular complexity index is 974. The Hall–Kier alpha value is -3.11. The number of hydrogen-bond donors (Lipinski definition) is 2. The van der Waals surface area contributed by atoms with Gasteiger partial charge in [0.1, 0.15) is 12.4 Å². The molecule has 1 atom stereocenters. The predicted molar refractivity (Wildman–Crippen MR) is 87.9 cm³/mol. The number of sulfonamides is 1. The summed E-state index contributed by atoms with van der Waals surface area (Å²) in [6.07, 6.45) is 1.33. The number of hydrogen-bond acceptors (Lipinski definition) is 7. The number of aromatic nitrogens is 4. The molecule has 1 amide bonds. The fourth-order valence-corrected chi connectivity index (χ4v) is 3.18. The van der Waals surface area contributed by atoms with Crippen molar-refractivity contribution in [3.8, 4) is 5.69 Å². The maximum atomic E-state index is 12.5. The minimum Gasteiger partial charge on any atom is -0.316 e. The predicted octanol–water partition coefficient (Wildman–Crippen LogP) is 0.167. The molecule has 0 bridgehead atoms. The molecule has 1 aromatic heterocycles. The van der Waals surface area contributed by atoms with E-state index in [-0.39, 0.29) is 4.90 Å². The molecule has 10 heteroatoms. The molecule has 0 aliphatic carbocycles. The highest BCUT2D eigenvalue weighted by molar-refractivity contribution is 7.90. The molecule has 2 aromatic carbocycles. The van der Waals surface area contributed by atoms with Gasteiger partial charge in [-0.15, -0.1) is 5.10 Å². The average molecular weight is 358 g/mol. The van der Waals surface area contributed by atoms with Crippen LogP contribution >= 0.6 is 0 Å². The Kier molecular flexibility index (Phi) is 4.55. The van der Waals surface area contributed by atoms with Gasteiger partial charge >= 0.3 is 0 Å². The maximum absolute atomic E-state index is 12.5. The second-order valence-corrected chi connectivity index (χ2v) is 6.79. The van der Waals surface area contributed by atoms with Gasteiger partial charge in [0.05, 0.1) is 10.6 Å². The van der Waals surface area contributed by atoms with E-state index in [0.717, 1.165) is 0 Å². The zero-order chi connectivity index (χ0) is 17.9. The van der Waals surface area contributed by atoms with Crippen LogP contribution in [0.1, 0.15) is 11.6 Å². The number of nitrogens with one attached hydrogen (secondary N) is 1. The molecule has 0 saturated carbocycles. The first-order valence-electron chi connectivity index (χ1n) is 7.18. The fraction of sp³-hybridized carbons (Fsp3) is 0.0667. The Morgan fingerprint density at radius 3 is 2.56 bits per heavy atom. The van der Waals surface area contributed by atoms with Crippen molar-refractivity contribution in [2.45, 2.75) is 10.9 Å². The Balaban J connectivity index is 1.82. The van der Waals surface area contributed by atoms with Crippen molar-refractivity contribution in [2.75, 3.05) is 0 Å². The molecule has 0 unspecified atom stereocenters.